The highest BCUT2D eigenvalue weighted by molar-refractivity contribution is 5.76. The molecular formula is C17H20N6O. The number of nitrogens with zero attached hydrogens (tertiary/aromatic N) is 6. The SMILES string of the molecule is Cc1cc(C2CCCCN2C(=O)Cn2cccn2)nc2nccn12. The third-order valence-corrected chi connectivity index (χ3v) is 4.61. The maximum atomic E-state index is 12.8. The molecule has 0 N–H and O–H groups in total. The molecule has 1 aliphatic heterocycles. The topological polar surface area (TPSA) is 68.3 Å². The number of imidazole rings is 1. The summed E-state index contributed by atoms with van der Waals surface area (Å²) in [5, 5.41) is 4.14. The van der Waals surface area contributed by atoms with Crippen molar-refractivity contribution in [2.75, 3.05) is 6.54 Å². The van der Waals surface area contributed by atoms with Gasteiger partial charge >= 0.3 is 0 Å². The second kappa shape index (κ2) is 6.07. The van der Waals surface area contributed by atoms with Crippen molar-refractivity contribution in [3.05, 3.63) is 48.3 Å². The van der Waals surface area contributed by atoms with Crippen LogP contribution in [0.2, 0.25) is 0 Å². The lowest BCUT2D eigenvalue weighted by Crippen LogP contribution is -2.40. The second-order valence-electron chi connectivity index (χ2n) is 6.22. The molecule has 1 saturated heterocycles. The number of carbonyl (C=O) groups excluding carboxylic acids is 1. The number of amides is 1. The van der Waals surface area contributed by atoms with E-state index in [9.17, 15) is 4.79 Å². The zero-order valence-corrected chi connectivity index (χ0v) is 13.7. The Hall–Kier alpha value is -2.70. The zero-order chi connectivity index (χ0) is 16.5. The smallest absolute Gasteiger partial charge is 0.244 e. The summed E-state index contributed by atoms with van der Waals surface area (Å²) in [7, 11) is 0. The molecule has 0 bridgehead atoms. The molecule has 1 aliphatic rings. The van der Waals surface area contributed by atoms with E-state index in [1.807, 2.05) is 34.7 Å². The quantitative estimate of drug-likeness (QED) is 0.739. The number of carbonyl (C=O) groups is 1. The summed E-state index contributed by atoms with van der Waals surface area (Å²) in [5.41, 5.74) is 2.01. The molecule has 24 heavy (non-hydrogen) atoms. The van der Waals surface area contributed by atoms with Crippen molar-refractivity contribution in [3.63, 3.8) is 0 Å². The standard InChI is InChI=1S/C17H20N6O/c1-13-11-14(20-17-18-7-10-22(13)17)15-5-2-3-9-23(15)16(24)12-21-8-4-6-19-21/h4,6-8,10-11,15H,2-3,5,9,12H2,1H3. The molecule has 3 aromatic heterocycles. The molecule has 1 amide bonds. The highest BCUT2D eigenvalue weighted by atomic mass is 16.2. The van der Waals surface area contributed by atoms with E-state index in [-0.39, 0.29) is 18.5 Å². The molecule has 124 valence electrons. The number of aryl methyl sites for hydroxylation is 1. The van der Waals surface area contributed by atoms with Crippen LogP contribution < -0.4 is 0 Å². The molecule has 7 heteroatoms. The predicted octanol–water partition coefficient (Wildman–Crippen LogP) is 1.99. The monoisotopic (exact) mass is 324 g/mol. The summed E-state index contributed by atoms with van der Waals surface area (Å²) in [6.07, 6.45) is 10.2. The summed E-state index contributed by atoms with van der Waals surface area (Å²) in [6, 6.07) is 3.92. The Morgan fingerprint density at radius 2 is 2.21 bits per heavy atom. The van der Waals surface area contributed by atoms with Crippen molar-refractivity contribution in [3.8, 4) is 0 Å². The van der Waals surface area contributed by atoms with Crippen LogP contribution in [-0.2, 0) is 11.3 Å². The first-order chi connectivity index (χ1) is 11.7. The summed E-state index contributed by atoms with van der Waals surface area (Å²) in [4.78, 5) is 23.7. The predicted molar refractivity (Wildman–Crippen MR) is 88.3 cm³/mol. The first-order valence-corrected chi connectivity index (χ1v) is 8.30. The van der Waals surface area contributed by atoms with Crippen LogP contribution in [0.3, 0.4) is 0 Å². The molecule has 1 fully saturated rings. The van der Waals surface area contributed by atoms with Gasteiger partial charge in [0, 0.05) is 37.0 Å². The van der Waals surface area contributed by atoms with Gasteiger partial charge in [-0.05, 0) is 38.3 Å². The van der Waals surface area contributed by atoms with Crippen LogP contribution in [0.15, 0.2) is 36.9 Å². The highest BCUT2D eigenvalue weighted by Crippen LogP contribution is 2.30. The summed E-state index contributed by atoms with van der Waals surface area (Å²) in [5.74, 6) is 0.779. The fourth-order valence-electron chi connectivity index (χ4n) is 3.42. The first kappa shape index (κ1) is 14.9. The Morgan fingerprint density at radius 3 is 3.04 bits per heavy atom. The average Bonchev–Trinajstić information content (AvgIpc) is 3.26. The average molecular weight is 324 g/mol. The van der Waals surface area contributed by atoms with Gasteiger partial charge in [0.15, 0.2) is 0 Å². The summed E-state index contributed by atoms with van der Waals surface area (Å²) in [6.45, 7) is 3.08. The van der Waals surface area contributed by atoms with E-state index in [0.29, 0.717) is 5.78 Å². The number of rotatable bonds is 3. The molecule has 0 saturated carbocycles. The van der Waals surface area contributed by atoms with Crippen molar-refractivity contribution in [1.82, 2.24) is 29.0 Å². The lowest BCUT2D eigenvalue weighted by atomic mass is 9.98. The Labute approximate surface area is 139 Å². The third-order valence-electron chi connectivity index (χ3n) is 4.61. The van der Waals surface area contributed by atoms with Crippen molar-refractivity contribution in [1.29, 1.82) is 0 Å². The molecule has 0 spiro atoms. The van der Waals surface area contributed by atoms with Gasteiger partial charge in [0.05, 0.1) is 11.7 Å². The number of hydrogen-bond acceptors (Lipinski definition) is 4. The van der Waals surface area contributed by atoms with Crippen LogP contribution in [-0.4, -0.2) is 41.5 Å². The second-order valence-corrected chi connectivity index (χ2v) is 6.22. The Morgan fingerprint density at radius 1 is 1.29 bits per heavy atom. The first-order valence-electron chi connectivity index (χ1n) is 8.30. The van der Waals surface area contributed by atoms with E-state index in [2.05, 4.69) is 21.1 Å². The van der Waals surface area contributed by atoms with E-state index in [4.69, 9.17) is 0 Å². The Kier molecular flexibility index (Phi) is 3.76. The molecular weight excluding hydrogens is 304 g/mol. The van der Waals surface area contributed by atoms with Gasteiger partial charge in [0.1, 0.15) is 6.54 Å². The van der Waals surface area contributed by atoms with Gasteiger partial charge in [-0.15, -0.1) is 0 Å². The molecule has 7 nitrogen and oxygen atoms in total. The lowest BCUT2D eigenvalue weighted by Gasteiger charge is -2.35. The summed E-state index contributed by atoms with van der Waals surface area (Å²) < 4.78 is 3.63. The number of piperidine rings is 1. The molecule has 0 aromatic carbocycles. The number of hydrogen-bond donors (Lipinski definition) is 0. The maximum absolute atomic E-state index is 12.8. The van der Waals surface area contributed by atoms with Gasteiger partial charge in [-0.25, -0.2) is 9.97 Å². The normalized spacial score (nSPS) is 18.2. The lowest BCUT2D eigenvalue weighted by molar-refractivity contribution is -0.136. The molecule has 1 unspecified atom stereocenters. The van der Waals surface area contributed by atoms with Crippen LogP contribution in [0.1, 0.15) is 36.7 Å². The molecule has 3 aromatic rings. The summed E-state index contributed by atoms with van der Waals surface area (Å²) >= 11 is 0. The van der Waals surface area contributed by atoms with Gasteiger partial charge in [0.2, 0.25) is 11.7 Å². The number of likely N-dealkylation sites (tertiary alicyclic amines) is 1. The largest absolute Gasteiger partial charge is 0.332 e. The number of fused-ring (bicyclic) bond motifs is 1. The van der Waals surface area contributed by atoms with E-state index >= 15 is 0 Å². The molecule has 0 aliphatic carbocycles. The molecule has 0 radical (unpaired) electrons. The minimum Gasteiger partial charge on any atom is -0.332 e. The third kappa shape index (κ3) is 2.66. The van der Waals surface area contributed by atoms with Crippen LogP contribution in [0.25, 0.3) is 5.78 Å². The van der Waals surface area contributed by atoms with E-state index in [1.54, 1.807) is 17.1 Å². The molecule has 4 rings (SSSR count). The van der Waals surface area contributed by atoms with Crippen LogP contribution in [0.4, 0.5) is 0 Å². The van der Waals surface area contributed by atoms with Crippen molar-refractivity contribution < 1.29 is 4.79 Å². The Bertz CT molecular complexity index is 853. The van der Waals surface area contributed by atoms with Crippen LogP contribution in [0, 0.1) is 6.92 Å². The minimum atomic E-state index is 0.0159. The van der Waals surface area contributed by atoms with Gasteiger partial charge in [-0.2, -0.15) is 5.10 Å². The van der Waals surface area contributed by atoms with E-state index in [0.717, 1.165) is 37.2 Å². The van der Waals surface area contributed by atoms with Crippen LogP contribution >= 0.6 is 0 Å². The fraction of sp³-hybridized carbons (Fsp3) is 0.412. The van der Waals surface area contributed by atoms with Gasteiger partial charge < -0.3 is 4.90 Å². The van der Waals surface area contributed by atoms with Gasteiger partial charge in [-0.1, -0.05) is 0 Å². The van der Waals surface area contributed by atoms with Crippen molar-refractivity contribution in [2.24, 2.45) is 0 Å². The van der Waals surface area contributed by atoms with E-state index in [1.165, 1.54) is 0 Å². The minimum absolute atomic E-state index is 0.0159. The highest BCUT2D eigenvalue weighted by Gasteiger charge is 2.29. The molecule has 4 heterocycles. The molecule has 1 atom stereocenters. The Balaban J connectivity index is 1.64. The van der Waals surface area contributed by atoms with Gasteiger partial charge in [-0.3, -0.25) is 13.9 Å². The number of aromatic nitrogens is 5. The maximum Gasteiger partial charge on any atom is 0.244 e. The zero-order valence-electron chi connectivity index (χ0n) is 13.7. The van der Waals surface area contributed by atoms with Crippen molar-refractivity contribution >= 4 is 11.7 Å². The fourth-order valence-corrected chi connectivity index (χ4v) is 3.42. The van der Waals surface area contributed by atoms with E-state index < -0.39 is 0 Å². The van der Waals surface area contributed by atoms with Gasteiger partial charge in [0.25, 0.3) is 0 Å². The van der Waals surface area contributed by atoms with Crippen LogP contribution in [0.5, 0.6) is 0 Å². The van der Waals surface area contributed by atoms with Crippen molar-refractivity contribution in [2.45, 2.75) is 38.8 Å².